The Morgan fingerprint density at radius 1 is 1.44 bits per heavy atom. The van der Waals surface area contributed by atoms with E-state index in [-0.39, 0.29) is 18.8 Å². The van der Waals surface area contributed by atoms with Crippen molar-refractivity contribution in [2.45, 2.75) is 12.8 Å². The van der Waals surface area contributed by atoms with Crippen molar-refractivity contribution in [3.8, 4) is 11.8 Å². The van der Waals surface area contributed by atoms with E-state index in [0.29, 0.717) is 17.8 Å². The molecule has 92 valence electrons. The fourth-order valence-corrected chi connectivity index (χ4v) is 1.64. The maximum Gasteiger partial charge on any atom is 0.303 e. The molecule has 18 heavy (non-hydrogen) atoms. The van der Waals surface area contributed by atoms with Gasteiger partial charge in [0.05, 0.1) is 12.0 Å². The minimum Gasteiger partial charge on any atom is -0.488 e. The van der Waals surface area contributed by atoms with Crippen molar-refractivity contribution in [2.24, 2.45) is 0 Å². The molecule has 0 bridgehead atoms. The van der Waals surface area contributed by atoms with Crippen LogP contribution in [-0.2, 0) is 4.79 Å². The third-order valence-corrected chi connectivity index (χ3v) is 2.43. The Morgan fingerprint density at radius 3 is 2.94 bits per heavy atom. The van der Waals surface area contributed by atoms with Crippen molar-refractivity contribution in [1.29, 1.82) is 5.26 Å². The molecule has 0 spiro atoms. The molecule has 0 radical (unpaired) electrons. The van der Waals surface area contributed by atoms with Crippen molar-refractivity contribution in [3.63, 3.8) is 0 Å². The van der Waals surface area contributed by atoms with Gasteiger partial charge in [0, 0.05) is 6.42 Å². The SMILES string of the molecule is N#Cc1oc2ccccc2c1OCCCC(=O)O. The van der Waals surface area contributed by atoms with E-state index >= 15 is 0 Å². The zero-order valence-corrected chi connectivity index (χ0v) is 9.55. The lowest BCUT2D eigenvalue weighted by Gasteiger charge is -2.02. The number of ether oxygens (including phenoxy) is 1. The van der Waals surface area contributed by atoms with Crippen LogP contribution >= 0.6 is 0 Å². The number of fused-ring (bicyclic) bond motifs is 1. The van der Waals surface area contributed by atoms with Gasteiger partial charge < -0.3 is 14.3 Å². The topological polar surface area (TPSA) is 83.5 Å². The van der Waals surface area contributed by atoms with Crippen LogP contribution in [0.2, 0.25) is 0 Å². The van der Waals surface area contributed by atoms with Crippen molar-refractivity contribution in [2.75, 3.05) is 6.61 Å². The average molecular weight is 245 g/mol. The van der Waals surface area contributed by atoms with Gasteiger partial charge >= 0.3 is 5.97 Å². The number of carboxylic acids is 1. The number of benzene rings is 1. The van der Waals surface area contributed by atoms with Gasteiger partial charge in [-0.1, -0.05) is 12.1 Å². The van der Waals surface area contributed by atoms with E-state index < -0.39 is 5.97 Å². The van der Waals surface area contributed by atoms with E-state index in [1.165, 1.54) is 0 Å². The lowest BCUT2D eigenvalue weighted by molar-refractivity contribution is -0.137. The second-order valence-corrected chi connectivity index (χ2v) is 3.71. The molecule has 2 aromatic rings. The number of hydrogen-bond acceptors (Lipinski definition) is 4. The van der Waals surface area contributed by atoms with E-state index in [2.05, 4.69) is 0 Å². The third-order valence-electron chi connectivity index (χ3n) is 2.43. The van der Waals surface area contributed by atoms with Gasteiger partial charge in [0.15, 0.2) is 5.75 Å². The molecule has 1 heterocycles. The molecule has 0 aliphatic carbocycles. The van der Waals surface area contributed by atoms with Crippen LogP contribution in [0.3, 0.4) is 0 Å². The highest BCUT2D eigenvalue weighted by Gasteiger charge is 2.14. The largest absolute Gasteiger partial charge is 0.488 e. The Kier molecular flexibility index (Phi) is 3.49. The number of aliphatic carboxylic acids is 1. The predicted molar refractivity (Wildman–Crippen MR) is 63.3 cm³/mol. The molecule has 0 aliphatic rings. The average Bonchev–Trinajstić information content (AvgIpc) is 2.72. The van der Waals surface area contributed by atoms with E-state index in [1.54, 1.807) is 18.2 Å². The number of furan rings is 1. The molecule has 0 fully saturated rings. The van der Waals surface area contributed by atoms with Crippen molar-refractivity contribution >= 4 is 16.9 Å². The van der Waals surface area contributed by atoms with E-state index in [1.807, 2.05) is 12.1 Å². The maximum absolute atomic E-state index is 10.4. The van der Waals surface area contributed by atoms with E-state index in [4.69, 9.17) is 19.5 Å². The smallest absolute Gasteiger partial charge is 0.303 e. The molecule has 0 saturated carbocycles. The molecule has 0 saturated heterocycles. The van der Waals surface area contributed by atoms with Crippen LogP contribution in [-0.4, -0.2) is 17.7 Å². The number of nitrogens with zero attached hydrogens (tertiary/aromatic N) is 1. The highest BCUT2D eigenvalue weighted by molar-refractivity contribution is 5.86. The van der Waals surface area contributed by atoms with Gasteiger partial charge in [-0.05, 0) is 18.6 Å². The second-order valence-electron chi connectivity index (χ2n) is 3.71. The van der Waals surface area contributed by atoms with Crippen molar-refractivity contribution < 1.29 is 19.1 Å². The van der Waals surface area contributed by atoms with Crippen LogP contribution in [0.1, 0.15) is 18.6 Å². The minimum absolute atomic E-state index is 0.0394. The molecule has 0 atom stereocenters. The Balaban J connectivity index is 2.16. The van der Waals surface area contributed by atoms with E-state index in [9.17, 15) is 4.79 Å². The van der Waals surface area contributed by atoms with Gasteiger partial charge in [-0.2, -0.15) is 5.26 Å². The quantitative estimate of drug-likeness (QED) is 0.818. The molecule has 5 heteroatoms. The second kappa shape index (κ2) is 5.23. The number of para-hydroxylation sites is 1. The molecular weight excluding hydrogens is 234 g/mol. The molecule has 1 aromatic heterocycles. The summed E-state index contributed by atoms with van der Waals surface area (Å²) in [5.74, 6) is -0.360. The lowest BCUT2D eigenvalue weighted by Crippen LogP contribution is -2.02. The maximum atomic E-state index is 10.4. The summed E-state index contributed by atoms with van der Waals surface area (Å²) in [6.45, 7) is 0.241. The fraction of sp³-hybridized carbons (Fsp3) is 0.231. The van der Waals surface area contributed by atoms with Crippen LogP contribution in [0.15, 0.2) is 28.7 Å². The van der Waals surface area contributed by atoms with Crippen LogP contribution < -0.4 is 4.74 Å². The van der Waals surface area contributed by atoms with Crippen LogP contribution in [0.4, 0.5) is 0 Å². The van der Waals surface area contributed by atoms with Gasteiger partial charge in [0.25, 0.3) is 0 Å². The summed E-state index contributed by atoms with van der Waals surface area (Å²) in [6, 6.07) is 9.10. The molecular formula is C13H11NO4. The van der Waals surface area contributed by atoms with Gasteiger partial charge in [-0.3, -0.25) is 4.79 Å². The summed E-state index contributed by atoms with van der Waals surface area (Å²) in [6.07, 6.45) is 0.428. The summed E-state index contributed by atoms with van der Waals surface area (Å²) in [4.78, 5) is 10.4. The molecule has 5 nitrogen and oxygen atoms in total. The first-order chi connectivity index (χ1) is 8.72. The highest BCUT2D eigenvalue weighted by Crippen LogP contribution is 2.32. The van der Waals surface area contributed by atoms with Gasteiger partial charge in [-0.25, -0.2) is 0 Å². The normalized spacial score (nSPS) is 10.2. The molecule has 0 unspecified atom stereocenters. The fourth-order valence-electron chi connectivity index (χ4n) is 1.64. The molecule has 1 N–H and O–H groups in total. The Morgan fingerprint density at radius 2 is 2.22 bits per heavy atom. The predicted octanol–water partition coefficient (Wildman–Crippen LogP) is 2.55. The first-order valence-electron chi connectivity index (χ1n) is 5.48. The van der Waals surface area contributed by atoms with E-state index in [0.717, 1.165) is 5.39 Å². The Bertz CT molecular complexity index is 609. The van der Waals surface area contributed by atoms with Crippen molar-refractivity contribution in [1.82, 2.24) is 0 Å². The molecule has 0 aliphatic heterocycles. The van der Waals surface area contributed by atoms with Crippen molar-refractivity contribution in [3.05, 3.63) is 30.0 Å². The summed E-state index contributed by atoms with van der Waals surface area (Å²) in [5, 5.41) is 18.2. The molecule has 0 amide bonds. The third kappa shape index (κ3) is 2.43. The first kappa shape index (κ1) is 12.0. The lowest BCUT2D eigenvalue weighted by atomic mass is 10.2. The minimum atomic E-state index is -0.865. The molecule has 1 aromatic carbocycles. The summed E-state index contributed by atoms with van der Waals surface area (Å²) in [5.41, 5.74) is 0.585. The highest BCUT2D eigenvalue weighted by atomic mass is 16.5. The zero-order chi connectivity index (χ0) is 13.0. The number of nitriles is 1. The number of hydrogen-bond donors (Lipinski definition) is 1. The number of carboxylic acid groups (broad SMARTS) is 1. The van der Waals surface area contributed by atoms with Gasteiger partial charge in [0.2, 0.25) is 5.76 Å². The van der Waals surface area contributed by atoms with Gasteiger partial charge in [0.1, 0.15) is 11.7 Å². The number of carbonyl (C=O) groups is 1. The first-order valence-corrected chi connectivity index (χ1v) is 5.48. The Labute approximate surface area is 103 Å². The summed E-state index contributed by atoms with van der Waals surface area (Å²) >= 11 is 0. The summed E-state index contributed by atoms with van der Waals surface area (Å²) < 4.78 is 10.8. The Hall–Kier alpha value is -2.48. The van der Waals surface area contributed by atoms with Gasteiger partial charge in [-0.15, -0.1) is 0 Å². The standard InChI is InChI=1S/C13H11NO4/c14-8-11-13(17-7-3-6-12(15)16)9-4-1-2-5-10(9)18-11/h1-2,4-5H,3,6-7H2,(H,15,16). The van der Waals surface area contributed by atoms with Crippen LogP contribution in [0, 0.1) is 11.3 Å². The monoisotopic (exact) mass is 245 g/mol. The number of rotatable bonds is 5. The summed E-state index contributed by atoms with van der Waals surface area (Å²) in [7, 11) is 0. The zero-order valence-electron chi connectivity index (χ0n) is 9.55. The van der Waals surface area contributed by atoms with Crippen LogP contribution in [0.5, 0.6) is 5.75 Å². The van der Waals surface area contributed by atoms with Crippen LogP contribution in [0.25, 0.3) is 11.0 Å². The molecule has 2 rings (SSSR count).